The van der Waals surface area contributed by atoms with E-state index in [1.807, 2.05) is 21.1 Å². The van der Waals surface area contributed by atoms with Crippen molar-refractivity contribution in [2.75, 3.05) is 47.5 Å². The number of carbonyl (C=O) groups is 1. The second kappa shape index (κ2) is 20.9. The molecule has 2 atom stereocenters. The van der Waals surface area contributed by atoms with Crippen LogP contribution in [0.25, 0.3) is 0 Å². The van der Waals surface area contributed by atoms with Crippen molar-refractivity contribution in [1.29, 1.82) is 0 Å². The van der Waals surface area contributed by atoms with Crippen LogP contribution >= 0.6 is 7.82 Å². The molecule has 0 aliphatic heterocycles. The van der Waals surface area contributed by atoms with Crippen molar-refractivity contribution < 1.29 is 37.6 Å². The van der Waals surface area contributed by atoms with Crippen LogP contribution in [0.15, 0.2) is 36.5 Å². The molecule has 0 rings (SSSR count). The molecule has 0 aromatic rings. The van der Waals surface area contributed by atoms with Gasteiger partial charge in [0.25, 0.3) is 7.82 Å². The summed E-state index contributed by atoms with van der Waals surface area (Å²) in [5.74, 6) is -0.408. The van der Waals surface area contributed by atoms with Gasteiger partial charge >= 0.3 is 5.97 Å². The molecule has 0 amide bonds. The first-order valence-corrected chi connectivity index (χ1v) is 14.2. The van der Waals surface area contributed by atoms with E-state index in [-0.39, 0.29) is 19.6 Å². The lowest BCUT2D eigenvalue weighted by molar-refractivity contribution is -0.870. The van der Waals surface area contributed by atoms with E-state index >= 15 is 0 Å². The van der Waals surface area contributed by atoms with Crippen molar-refractivity contribution in [1.82, 2.24) is 0 Å². The first kappa shape index (κ1) is 33.7. The Kier molecular flexibility index (Phi) is 20.1. The minimum absolute atomic E-state index is 0.0128. The fourth-order valence-electron chi connectivity index (χ4n) is 2.84. The highest BCUT2D eigenvalue weighted by molar-refractivity contribution is 7.45. The Morgan fingerprint density at radius 2 is 1.51 bits per heavy atom. The summed E-state index contributed by atoms with van der Waals surface area (Å²) in [6.45, 7) is 1.78. The van der Waals surface area contributed by atoms with Gasteiger partial charge in [0, 0.05) is 6.42 Å². The molecule has 8 nitrogen and oxygen atoms in total. The third-order valence-electron chi connectivity index (χ3n) is 4.90. The molecule has 0 aliphatic rings. The molecular weight excluding hydrogens is 469 g/mol. The summed E-state index contributed by atoms with van der Waals surface area (Å²) in [7, 11) is 1.23. The molecule has 1 N–H and O–H groups in total. The zero-order valence-corrected chi connectivity index (χ0v) is 23.1. The van der Waals surface area contributed by atoms with Crippen LogP contribution in [-0.2, 0) is 23.1 Å². The van der Waals surface area contributed by atoms with E-state index < -0.39 is 26.5 Å². The highest BCUT2D eigenvalue weighted by atomic mass is 31.2. The summed E-state index contributed by atoms with van der Waals surface area (Å²) in [6.07, 6.45) is 21.3. The van der Waals surface area contributed by atoms with E-state index in [0.717, 1.165) is 57.8 Å². The molecule has 0 bridgehead atoms. The summed E-state index contributed by atoms with van der Waals surface area (Å²) >= 11 is 0. The topological polar surface area (TPSA) is 105 Å². The summed E-state index contributed by atoms with van der Waals surface area (Å²) in [5.41, 5.74) is 0. The van der Waals surface area contributed by atoms with E-state index in [2.05, 4.69) is 47.9 Å². The second-order valence-corrected chi connectivity index (χ2v) is 10.9. The van der Waals surface area contributed by atoms with Crippen LogP contribution in [0.2, 0.25) is 0 Å². The van der Waals surface area contributed by atoms with Crippen molar-refractivity contribution in [2.24, 2.45) is 0 Å². The quantitative estimate of drug-likeness (QED) is 0.0730. The molecule has 0 aromatic heterocycles. The highest BCUT2D eigenvalue weighted by Gasteiger charge is 2.16. The third-order valence-corrected chi connectivity index (χ3v) is 5.87. The molecule has 9 heteroatoms. The number of nitrogens with zero attached hydrogens (tertiary/aromatic N) is 1. The Morgan fingerprint density at radius 3 is 2.17 bits per heavy atom. The van der Waals surface area contributed by atoms with Gasteiger partial charge in [-0.2, -0.15) is 0 Å². The lowest BCUT2D eigenvalue weighted by Gasteiger charge is -2.27. The Morgan fingerprint density at radius 1 is 0.914 bits per heavy atom. The predicted octanol–water partition coefficient (Wildman–Crippen LogP) is 4.69. The lowest BCUT2D eigenvalue weighted by atomic mass is 10.1. The van der Waals surface area contributed by atoms with E-state index in [0.29, 0.717) is 11.0 Å². The van der Waals surface area contributed by atoms with Gasteiger partial charge in [0.1, 0.15) is 25.9 Å². The maximum absolute atomic E-state index is 11.8. The molecular formula is C26H48NO7P. The second-order valence-electron chi connectivity index (χ2n) is 9.53. The van der Waals surface area contributed by atoms with Gasteiger partial charge in [0.2, 0.25) is 0 Å². The number of hydrogen-bond donors (Lipinski definition) is 1. The summed E-state index contributed by atoms with van der Waals surface area (Å²) in [4.78, 5) is 23.5. The van der Waals surface area contributed by atoms with Crippen LogP contribution in [0, 0.1) is 0 Å². The molecule has 0 spiro atoms. The fraction of sp³-hybridized carbons (Fsp3) is 0.731. The average molecular weight is 518 g/mol. The van der Waals surface area contributed by atoms with E-state index in [1.54, 1.807) is 0 Å². The molecule has 0 saturated carbocycles. The van der Waals surface area contributed by atoms with Gasteiger partial charge in [-0.1, -0.05) is 62.6 Å². The number of aliphatic hydroxyl groups excluding tert-OH is 1. The van der Waals surface area contributed by atoms with Crippen molar-refractivity contribution >= 4 is 13.8 Å². The number of quaternary nitrogens is 1. The molecule has 0 saturated heterocycles. The largest absolute Gasteiger partial charge is 0.756 e. The molecule has 0 aromatic carbocycles. The van der Waals surface area contributed by atoms with Crippen molar-refractivity contribution in [3.63, 3.8) is 0 Å². The Bertz CT molecular complexity index is 671. The van der Waals surface area contributed by atoms with E-state index in [4.69, 9.17) is 9.26 Å². The number of phosphoric ester groups is 1. The molecule has 0 aliphatic carbocycles. The summed E-state index contributed by atoms with van der Waals surface area (Å²) in [5, 5.41) is 9.79. The highest BCUT2D eigenvalue weighted by Crippen LogP contribution is 2.38. The maximum Gasteiger partial charge on any atom is 0.305 e. The van der Waals surface area contributed by atoms with Crippen LogP contribution in [0.4, 0.5) is 0 Å². The van der Waals surface area contributed by atoms with E-state index in [1.165, 1.54) is 0 Å². The maximum atomic E-state index is 11.8. The lowest BCUT2D eigenvalue weighted by Crippen LogP contribution is -2.37. The normalized spacial score (nSPS) is 15.3. The number of hydrogen-bond acceptors (Lipinski definition) is 7. The van der Waals surface area contributed by atoms with Gasteiger partial charge in [-0.15, -0.1) is 0 Å². The number of ether oxygens (including phenoxy) is 1. The third kappa shape index (κ3) is 25.6. The van der Waals surface area contributed by atoms with Crippen LogP contribution < -0.4 is 4.89 Å². The van der Waals surface area contributed by atoms with Crippen molar-refractivity contribution in [3.8, 4) is 0 Å². The number of esters is 1. The monoisotopic (exact) mass is 517 g/mol. The molecule has 0 fully saturated rings. The molecule has 0 radical (unpaired) electrons. The zero-order valence-electron chi connectivity index (χ0n) is 22.2. The van der Waals surface area contributed by atoms with Crippen molar-refractivity contribution in [3.05, 3.63) is 36.5 Å². The van der Waals surface area contributed by atoms with Crippen LogP contribution in [-0.4, -0.2) is 69.2 Å². The Balaban J connectivity index is 3.66. The summed E-state index contributed by atoms with van der Waals surface area (Å²) < 4.78 is 26.6. The zero-order chi connectivity index (χ0) is 26.4. The molecule has 2 unspecified atom stereocenters. The number of rotatable bonds is 22. The predicted molar refractivity (Wildman–Crippen MR) is 139 cm³/mol. The Hall–Kier alpha value is -1.28. The number of carbonyl (C=O) groups excluding carboxylic acids is 1. The van der Waals surface area contributed by atoms with Crippen LogP contribution in [0.5, 0.6) is 0 Å². The van der Waals surface area contributed by atoms with Gasteiger partial charge in [0.05, 0.1) is 27.7 Å². The first-order chi connectivity index (χ1) is 16.6. The van der Waals surface area contributed by atoms with Gasteiger partial charge in [-0.25, -0.2) is 0 Å². The minimum atomic E-state index is -4.50. The van der Waals surface area contributed by atoms with Gasteiger partial charge < -0.3 is 28.3 Å². The summed E-state index contributed by atoms with van der Waals surface area (Å²) in [6, 6.07) is 0. The van der Waals surface area contributed by atoms with Gasteiger partial charge in [0.15, 0.2) is 0 Å². The van der Waals surface area contributed by atoms with Crippen LogP contribution in [0.1, 0.15) is 71.1 Å². The van der Waals surface area contributed by atoms with Gasteiger partial charge in [-0.05, 0) is 38.5 Å². The SMILES string of the molecule is CCC=CCC=CCC=CCCCCCCCC(=O)OCC(O)COP(=O)([O-])OCC[N+](C)(C)C. The van der Waals surface area contributed by atoms with E-state index in [9.17, 15) is 19.4 Å². The fourth-order valence-corrected chi connectivity index (χ4v) is 3.57. The molecule has 204 valence electrons. The number of aliphatic hydroxyl groups is 1. The number of unbranched alkanes of at least 4 members (excludes halogenated alkanes) is 5. The molecule has 35 heavy (non-hydrogen) atoms. The van der Waals surface area contributed by atoms with Crippen LogP contribution in [0.3, 0.4) is 0 Å². The number of phosphoric acid groups is 1. The van der Waals surface area contributed by atoms with Gasteiger partial charge in [-0.3, -0.25) is 9.36 Å². The smallest absolute Gasteiger partial charge is 0.305 e. The molecule has 0 heterocycles. The minimum Gasteiger partial charge on any atom is -0.756 e. The first-order valence-electron chi connectivity index (χ1n) is 12.7. The van der Waals surface area contributed by atoms with Crippen molar-refractivity contribution in [2.45, 2.75) is 77.2 Å². The number of likely N-dealkylation sites (N-methyl/N-ethyl adjacent to an activating group) is 1. The average Bonchev–Trinajstić information content (AvgIpc) is 2.78. The Labute approximate surface area is 212 Å². The standard InChI is InChI=1S/C26H48NO7P/c1-5-6-7-8-9-10-11-12-13-14-15-16-17-18-19-20-26(29)32-23-25(28)24-34-35(30,31)33-22-21-27(2,3)4/h6-7,9-10,12-13,25,28H,5,8,11,14-24H2,1-4H3. The number of allylic oxidation sites excluding steroid dienone is 6.